The van der Waals surface area contributed by atoms with Crippen LogP contribution in [-0.4, -0.2) is 5.25 Å². The normalized spacial score (nSPS) is 15.8. The van der Waals surface area contributed by atoms with Crippen molar-refractivity contribution in [3.8, 4) is 33.4 Å². The fourth-order valence-electron chi connectivity index (χ4n) is 7.99. The van der Waals surface area contributed by atoms with Crippen molar-refractivity contribution in [3.05, 3.63) is 206 Å². The molecule has 2 heteroatoms. The van der Waals surface area contributed by atoms with Crippen LogP contribution in [0, 0.1) is 0 Å². The second-order valence-corrected chi connectivity index (χ2v) is 14.9. The number of hydrogen-bond acceptors (Lipinski definition) is 2. The van der Waals surface area contributed by atoms with E-state index in [-0.39, 0.29) is 0 Å². The third-order valence-corrected chi connectivity index (χ3v) is 12.0. The molecule has 1 nitrogen and oxygen atoms in total. The van der Waals surface area contributed by atoms with Gasteiger partial charge in [-0.15, -0.1) is 11.8 Å². The van der Waals surface area contributed by atoms with E-state index in [1.54, 1.807) is 0 Å². The molecule has 1 aliphatic carbocycles. The van der Waals surface area contributed by atoms with Crippen LogP contribution in [-0.2, 0) is 0 Å². The van der Waals surface area contributed by atoms with E-state index in [4.69, 9.17) is 0 Å². The molecular weight excluding hydrogens is 647 g/mol. The molecule has 0 N–H and O–H groups in total. The number of nitrogens with zero attached hydrogens (tertiary/aromatic N) is 1. The van der Waals surface area contributed by atoms with Crippen molar-refractivity contribution in [2.75, 3.05) is 4.90 Å². The van der Waals surface area contributed by atoms with Gasteiger partial charge in [0.25, 0.3) is 0 Å². The molecule has 10 rings (SSSR count). The molecule has 2 unspecified atom stereocenters. The smallest absolute Gasteiger partial charge is 0.0540 e. The lowest BCUT2D eigenvalue weighted by Crippen LogP contribution is -2.11. The van der Waals surface area contributed by atoms with E-state index >= 15 is 0 Å². The first-order valence-electron chi connectivity index (χ1n) is 18.0. The van der Waals surface area contributed by atoms with Crippen molar-refractivity contribution in [1.82, 2.24) is 0 Å². The Labute approximate surface area is 309 Å². The molecule has 0 fully saturated rings. The third-order valence-electron chi connectivity index (χ3n) is 10.6. The summed E-state index contributed by atoms with van der Waals surface area (Å²) in [5.74, 6) is 0.419. The number of rotatable bonds is 6. The number of benzene rings is 8. The minimum atomic E-state index is 0.419. The van der Waals surface area contributed by atoms with Gasteiger partial charge >= 0.3 is 0 Å². The zero-order chi connectivity index (χ0) is 34.4. The van der Waals surface area contributed by atoms with Crippen LogP contribution in [0.3, 0.4) is 0 Å². The van der Waals surface area contributed by atoms with Gasteiger partial charge in [-0.2, -0.15) is 0 Å². The van der Waals surface area contributed by atoms with Gasteiger partial charge in [0.2, 0.25) is 0 Å². The summed E-state index contributed by atoms with van der Waals surface area (Å²) in [4.78, 5) is 3.81. The van der Waals surface area contributed by atoms with Gasteiger partial charge in [0.1, 0.15) is 0 Å². The molecule has 1 heterocycles. The molecule has 0 spiro atoms. The van der Waals surface area contributed by atoms with Crippen molar-refractivity contribution in [2.24, 2.45) is 0 Å². The Bertz CT molecular complexity index is 2660. The van der Waals surface area contributed by atoms with Gasteiger partial charge in [0, 0.05) is 33.0 Å². The summed E-state index contributed by atoms with van der Waals surface area (Å²) < 4.78 is 0. The monoisotopic (exact) mass is 681 g/mol. The topological polar surface area (TPSA) is 3.24 Å². The Morgan fingerprint density at radius 2 is 1.06 bits per heavy atom. The summed E-state index contributed by atoms with van der Waals surface area (Å²) in [6, 6.07) is 64.5. The Hall–Kier alpha value is -6.09. The van der Waals surface area contributed by atoms with Crippen LogP contribution in [0.1, 0.15) is 11.5 Å². The molecule has 0 bridgehead atoms. The fraction of sp³-hybridized carbons (Fsp3) is 0.0400. The molecule has 1 aliphatic heterocycles. The minimum Gasteiger partial charge on any atom is -0.310 e. The van der Waals surface area contributed by atoms with Crippen LogP contribution in [0.4, 0.5) is 17.1 Å². The van der Waals surface area contributed by atoms with Crippen LogP contribution >= 0.6 is 11.8 Å². The van der Waals surface area contributed by atoms with Gasteiger partial charge in [-0.3, -0.25) is 0 Å². The van der Waals surface area contributed by atoms with Crippen molar-refractivity contribution >= 4 is 50.4 Å². The lowest BCUT2D eigenvalue weighted by Gasteiger charge is -2.28. The van der Waals surface area contributed by atoms with Gasteiger partial charge in [0.15, 0.2) is 0 Å². The zero-order valence-electron chi connectivity index (χ0n) is 28.6. The predicted molar refractivity (Wildman–Crippen MR) is 223 cm³/mol. The van der Waals surface area contributed by atoms with Crippen molar-refractivity contribution in [1.29, 1.82) is 0 Å². The van der Waals surface area contributed by atoms with Crippen LogP contribution in [0.2, 0.25) is 0 Å². The van der Waals surface area contributed by atoms with Gasteiger partial charge < -0.3 is 4.90 Å². The van der Waals surface area contributed by atoms with Crippen LogP contribution < -0.4 is 4.90 Å². The van der Waals surface area contributed by atoms with Gasteiger partial charge in [0.05, 0.1) is 5.69 Å². The summed E-state index contributed by atoms with van der Waals surface area (Å²) in [5.41, 5.74) is 12.2. The lowest BCUT2D eigenvalue weighted by molar-refractivity contribution is 0.881. The lowest BCUT2D eigenvalue weighted by atomic mass is 9.90. The highest BCUT2D eigenvalue weighted by Crippen LogP contribution is 2.50. The van der Waals surface area contributed by atoms with E-state index < -0.39 is 0 Å². The van der Waals surface area contributed by atoms with E-state index in [1.807, 2.05) is 11.8 Å². The summed E-state index contributed by atoms with van der Waals surface area (Å²) in [6.07, 6.45) is 9.08. The number of allylic oxidation sites excluding steroid dienone is 3. The Kier molecular flexibility index (Phi) is 7.62. The van der Waals surface area contributed by atoms with Crippen molar-refractivity contribution in [2.45, 2.75) is 16.1 Å². The molecule has 0 saturated carbocycles. The van der Waals surface area contributed by atoms with Gasteiger partial charge in [-0.05, 0) is 97.4 Å². The molecule has 246 valence electrons. The SMILES string of the molecule is C1=CC2Sc3ccc(-c4ccccc4N(c4ccc(-c5ccc(-c6cccc7ccccc67)cc5)cc4)c4ccc5ccccc5c4)cc3C2C=C1. The fourth-order valence-corrected chi connectivity index (χ4v) is 9.31. The number of para-hydroxylation sites is 1. The maximum absolute atomic E-state index is 2.43. The number of fused-ring (bicyclic) bond motifs is 5. The molecule has 0 aromatic heterocycles. The average molecular weight is 682 g/mol. The van der Waals surface area contributed by atoms with E-state index in [2.05, 4.69) is 205 Å². The van der Waals surface area contributed by atoms with Crippen LogP contribution in [0.25, 0.3) is 54.9 Å². The Balaban J connectivity index is 1.04. The van der Waals surface area contributed by atoms with Crippen molar-refractivity contribution < 1.29 is 0 Å². The molecular formula is C50H35NS. The number of anilines is 3. The highest BCUT2D eigenvalue weighted by Gasteiger charge is 2.31. The van der Waals surface area contributed by atoms with E-state index in [1.165, 1.54) is 65.4 Å². The maximum Gasteiger partial charge on any atom is 0.0540 e. The number of thioether (sulfide) groups is 1. The molecule has 0 radical (unpaired) electrons. The average Bonchev–Trinajstić information content (AvgIpc) is 3.59. The summed E-state index contributed by atoms with van der Waals surface area (Å²) in [6.45, 7) is 0. The Morgan fingerprint density at radius 3 is 1.92 bits per heavy atom. The predicted octanol–water partition coefficient (Wildman–Crippen LogP) is 14.1. The largest absolute Gasteiger partial charge is 0.310 e. The van der Waals surface area contributed by atoms with Gasteiger partial charge in [-0.25, -0.2) is 0 Å². The quantitative estimate of drug-likeness (QED) is 0.172. The maximum atomic E-state index is 2.43. The first kappa shape index (κ1) is 30.7. The highest BCUT2D eigenvalue weighted by atomic mass is 32.2. The van der Waals surface area contributed by atoms with Gasteiger partial charge in [-0.1, -0.05) is 158 Å². The summed E-state index contributed by atoms with van der Waals surface area (Å²) in [7, 11) is 0. The zero-order valence-corrected chi connectivity index (χ0v) is 29.4. The highest BCUT2D eigenvalue weighted by molar-refractivity contribution is 8.00. The first-order valence-corrected chi connectivity index (χ1v) is 18.9. The summed E-state index contributed by atoms with van der Waals surface area (Å²) >= 11 is 1.98. The molecule has 2 aliphatic rings. The van der Waals surface area contributed by atoms with Crippen LogP contribution in [0.5, 0.6) is 0 Å². The standard InChI is InChI=1S/C50H35NS/c1-2-12-39-32-42(30-26-34(39)10-1)51(48-18-7-5-15-45(48)40-27-31-50-47(33-40)46-16-6-8-19-49(46)52-50)41-28-24-36(25-29-41)35-20-22-38(23-21-35)44-17-9-13-37-11-3-4-14-43(37)44/h1-33,46,49H. The molecule has 8 aromatic rings. The second-order valence-electron chi connectivity index (χ2n) is 13.7. The Morgan fingerprint density at radius 1 is 0.423 bits per heavy atom. The van der Waals surface area contributed by atoms with Crippen LogP contribution in [0.15, 0.2) is 205 Å². The van der Waals surface area contributed by atoms with E-state index in [0.717, 1.165) is 17.1 Å². The molecule has 0 saturated heterocycles. The minimum absolute atomic E-state index is 0.419. The second kappa shape index (κ2) is 12.9. The third kappa shape index (κ3) is 5.44. The van der Waals surface area contributed by atoms with E-state index in [0.29, 0.717) is 11.2 Å². The molecule has 8 aromatic carbocycles. The molecule has 0 amide bonds. The molecule has 52 heavy (non-hydrogen) atoms. The summed E-state index contributed by atoms with van der Waals surface area (Å²) in [5, 5.41) is 5.49. The van der Waals surface area contributed by atoms with E-state index in [9.17, 15) is 0 Å². The molecule has 2 atom stereocenters. The van der Waals surface area contributed by atoms with Crippen molar-refractivity contribution in [3.63, 3.8) is 0 Å². The number of hydrogen-bond donors (Lipinski definition) is 0. The first-order chi connectivity index (χ1) is 25.8.